The molecule has 0 saturated heterocycles. The second-order valence-corrected chi connectivity index (χ2v) is 16.9. The molecule has 0 aromatic heterocycles. The zero-order chi connectivity index (χ0) is 42.9. The van der Waals surface area contributed by atoms with Crippen molar-refractivity contribution in [2.75, 3.05) is 13.2 Å². The van der Waals surface area contributed by atoms with E-state index >= 15 is 0 Å². The lowest BCUT2D eigenvalue weighted by molar-refractivity contribution is -0.138. The topological polar surface area (TPSA) is 18.5 Å². The van der Waals surface area contributed by atoms with Gasteiger partial charge in [0.2, 0.25) is 0 Å². The van der Waals surface area contributed by atoms with Crippen molar-refractivity contribution in [3.05, 3.63) is 117 Å². The standard InChI is InChI=1S/C50H50Br2F6O2/c1-3-5-7-9-11-13-31-59-43-29-27-41-39(25-23-37(47(41)51)33-15-19-35(20-16-33)49(53,54)55)45(43)46-40-26-24-38(34-17-21-36(22-18-34)50(56,57)58)48(52)42(40)28-30-44(46)60-32-14-12-10-8-6-4-2/h15-30H,3-14,31-32H2,1-2H3. The van der Waals surface area contributed by atoms with Gasteiger partial charge in [0.1, 0.15) is 11.5 Å². The summed E-state index contributed by atoms with van der Waals surface area (Å²) in [6.07, 6.45) is 4.37. The van der Waals surface area contributed by atoms with Gasteiger partial charge in [0.15, 0.2) is 0 Å². The Morgan fingerprint density at radius 2 is 0.733 bits per heavy atom. The normalized spacial score (nSPS) is 12.1. The van der Waals surface area contributed by atoms with Gasteiger partial charge in [-0.3, -0.25) is 0 Å². The predicted octanol–water partition coefficient (Wildman–Crippen LogP) is 18.0. The highest BCUT2D eigenvalue weighted by atomic mass is 79.9. The van der Waals surface area contributed by atoms with Gasteiger partial charge in [-0.15, -0.1) is 0 Å². The van der Waals surface area contributed by atoms with Gasteiger partial charge in [0.05, 0.1) is 24.3 Å². The molecular weight excluding hydrogens is 906 g/mol. The molecule has 0 heterocycles. The number of benzene rings is 6. The smallest absolute Gasteiger partial charge is 0.416 e. The monoisotopic (exact) mass is 954 g/mol. The van der Waals surface area contributed by atoms with Crippen molar-refractivity contribution in [2.45, 2.75) is 103 Å². The average Bonchev–Trinajstić information content (AvgIpc) is 3.22. The van der Waals surface area contributed by atoms with E-state index in [2.05, 4.69) is 45.7 Å². The van der Waals surface area contributed by atoms with Crippen LogP contribution in [-0.4, -0.2) is 13.2 Å². The summed E-state index contributed by atoms with van der Waals surface area (Å²) in [7, 11) is 0. The second kappa shape index (κ2) is 20.7. The van der Waals surface area contributed by atoms with Crippen LogP contribution in [0.2, 0.25) is 0 Å². The molecule has 0 saturated carbocycles. The van der Waals surface area contributed by atoms with Crippen LogP contribution in [-0.2, 0) is 12.4 Å². The first-order valence-electron chi connectivity index (χ1n) is 20.9. The van der Waals surface area contributed by atoms with Crippen molar-refractivity contribution in [2.24, 2.45) is 0 Å². The Morgan fingerprint density at radius 3 is 1.08 bits per heavy atom. The number of hydrogen-bond donors (Lipinski definition) is 0. The summed E-state index contributed by atoms with van der Waals surface area (Å²) in [6.45, 7) is 5.41. The number of rotatable bonds is 19. The molecule has 0 unspecified atom stereocenters. The van der Waals surface area contributed by atoms with E-state index in [9.17, 15) is 26.3 Å². The van der Waals surface area contributed by atoms with Crippen molar-refractivity contribution in [3.8, 4) is 44.9 Å². The van der Waals surface area contributed by atoms with Crippen molar-refractivity contribution in [1.82, 2.24) is 0 Å². The van der Waals surface area contributed by atoms with Crippen molar-refractivity contribution >= 4 is 53.4 Å². The minimum absolute atomic E-state index is 0.510. The van der Waals surface area contributed by atoms with Crippen LogP contribution in [0.25, 0.3) is 54.9 Å². The first-order valence-corrected chi connectivity index (χ1v) is 22.5. The van der Waals surface area contributed by atoms with E-state index < -0.39 is 23.5 Å². The zero-order valence-corrected chi connectivity index (χ0v) is 37.1. The van der Waals surface area contributed by atoms with Gasteiger partial charge in [-0.05, 0) is 137 Å². The number of alkyl halides is 6. The Labute approximate surface area is 365 Å². The number of fused-ring (bicyclic) bond motifs is 2. The maximum absolute atomic E-state index is 13.5. The van der Waals surface area contributed by atoms with Crippen LogP contribution in [0.1, 0.15) is 102 Å². The third-order valence-corrected chi connectivity index (χ3v) is 12.7. The third kappa shape index (κ3) is 10.9. The van der Waals surface area contributed by atoms with Crippen LogP contribution >= 0.6 is 31.9 Å². The van der Waals surface area contributed by atoms with Gasteiger partial charge in [0, 0.05) is 20.1 Å². The Balaban J connectivity index is 1.50. The number of hydrogen-bond acceptors (Lipinski definition) is 2. The molecule has 0 amide bonds. The lowest BCUT2D eigenvalue weighted by Crippen LogP contribution is -2.04. The van der Waals surface area contributed by atoms with Gasteiger partial charge < -0.3 is 9.47 Å². The Morgan fingerprint density at radius 1 is 0.400 bits per heavy atom. The minimum Gasteiger partial charge on any atom is -0.493 e. The fourth-order valence-electron chi connectivity index (χ4n) is 7.71. The molecule has 0 fully saturated rings. The summed E-state index contributed by atoms with van der Waals surface area (Å²) in [5, 5.41) is 3.40. The average molecular weight is 957 g/mol. The molecule has 0 N–H and O–H groups in total. The van der Waals surface area contributed by atoms with Gasteiger partial charge in [-0.1, -0.05) is 127 Å². The zero-order valence-electron chi connectivity index (χ0n) is 34.0. The molecule has 10 heteroatoms. The molecule has 6 aromatic rings. The molecule has 6 aromatic carbocycles. The highest BCUT2D eigenvalue weighted by Crippen LogP contribution is 2.50. The quantitative estimate of drug-likeness (QED) is 0.0595. The lowest BCUT2D eigenvalue weighted by atomic mass is 9.89. The number of unbranched alkanes of at least 4 members (excludes halogenated alkanes) is 10. The van der Waals surface area contributed by atoms with Crippen molar-refractivity contribution in [1.29, 1.82) is 0 Å². The fourth-order valence-corrected chi connectivity index (χ4v) is 9.12. The van der Waals surface area contributed by atoms with E-state index in [-0.39, 0.29) is 0 Å². The van der Waals surface area contributed by atoms with Crippen LogP contribution < -0.4 is 9.47 Å². The van der Waals surface area contributed by atoms with E-state index in [0.29, 0.717) is 35.8 Å². The second-order valence-electron chi connectivity index (χ2n) is 15.3. The SMILES string of the molecule is CCCCCCCCOc1ccc2c(Br)c(-c3ccc(C(F)(F)F)cc3)ccc2c1-c1c(OCCCCCCCC)ccc2c(Br)c(-c3ccc(C(F)(F)F)cc3)ccc12. The first kappa shape index (κ1) is 45.5. The van der Waals surface area contributed by atoms with E-state index in [1.54, 1.807) is 0 Å². The molecule has 6 rings (SSSR count). The molecule has 0 bridgehead atoms. The summed E-state index contributed by atoms with van der Waals surface area (Å²) in [5.41, 5.74) is 2.95. The molecule has 318 valence electrons. The largest absolute Gasteiger partial charge is 0.493 e. The third-order valence-electron chi connectivity index (χ3n) is 11.0. The van der Waals surface area contributed by atoms with Gasteiger partial charge >= 0.3 is 12.4 Å². The molecule has 0 aliphatic rings. The minimum atomic E-state index is -4.44. The van der Waals surface area contributed by atoms with E-state index in [0.717, 1.165) is 116 Å². The van der Waals surface area contributed by atoms with E-state index in [1.165, 1.54) is 62.8 Å². The summed E-state index contributed by atoms with van der Waals surface area (Å²) < 4.78 is 95.5. The van der Waals surface area contributed by atoms with Gasteiger partial charge in [-0.2, -0.15) is 26.3 Å². The van der Waals surface area contributed by atoms with Crippen LogP contribution in [0.4, 0.5) is 26.3 Å². The van der Waals surface area contributed by atoms with Crippen LogP contribution in [0.15, 0.2) is 106 Å². The highest BCUT2D eigenvalue weighted by Gasteiger charge is 2.31. The molecular formula is C50H50Br2F6O2. The molecule has 0 aliphatic carbocycles. The molecule has 2 nitrogen and oxygen atoms in total. The van der Waals surface area contributed by atoms with Gasteiger partial charge in [-0.25, -0.2) is 0 Å². The summed E-state index contributed by atoms with van der Waals surface area (Å²) in [5.74, 6) is 1.34. The molecule has 60 heavy (non-hydrogen) atoms. The Hall–Kier alpha value is -4.02. The van der Waals surface area contributed by atoms with E-state index in [1.807, 2.05) is 48.5 Å². The highest BCUT2D eigenvalue weighted by molar-refractivity contribution is 9.11. The maximum atomic E-state index is 13.5. The summed E-state index contributed by atoms with van der Waals surface area (Å²) >= 11 is 7.68. The van der Waals surface area contributed by atoms with Gasteiger partial charge in [0.25, 0.3) is 0 Å². The maximum Gasteiger partial charge on any atom is 0.416 e. The Bertz CT molecular complexity index is 2190. The van der Waals surface area contributed by atoms with Crippen LogP contribution in [0, 0.1) is 0 Å². The Kier molecular flexibility index (Phi) is 15.7. The van der Waals surface area contributed by atoms with E-state index in [4.69, 9.17) is 9.47 Å². The summed E-state index contributed by atoms with van der Waals surface area (Å²) in [4.78, 5) is 0. The van der Waals surface area contributed by atoms with Crippen molar-refractivity contribution < 1.29 is 35.8 Å². The fraction of sp³-hybridized carbons (Fsp3) is 0.360. The molecule has 0 atom stereocenters. The first-order chi connectivity index (χ1) is 28.8. The van der Waals surface area contributed by atoms with Crippen LogP contribution in [0.3, 0.4) is 0 Å². The molecule has 0 radical (unpaired) electrons. The predicted molar refractivity (Wildman–Crippen MR) is 241 cm³/mol. The number of halogens is 8. The molecule has 0 aliphatic heterocycles. The van der Waals surface area contributed by atoms with Crippen LogP contribution in [0.5, 0.6) is 11.5 Å². The number of ether oxygens (including phenoxy) is 2. The van der Waals surface area contributed by atoms with Crippen molar-refractivity contribution in [3.63, 3.8) is 0 Å². The lowest BCUT2D eigenvalue weighted by Gasteiger charge is -2.22. The summed E-state index contributed by atoms with van der Waals surface area (Å²) in [6, 6.07) is 26.0. The molecule has 0 spiro atoms.